The monoisotopic (exact) mass is 281 g/mol. The smallest absolute Gasteiger partial charge is 0.407 e. The van der Waals surface area contributed by atoms with Crippen molar-refractivity contribution in [3.8, 4) is 0 Å². The van der Waals surface area contributed by atoms with Crippen LogP contribution in [-0.2, 0) is 14.3 Å². The fourth-order valence-electron chi connectivity index (χ4n) is 4.52. The van der Waals surface area contributed by atoms with E-state index in [0.29, 0.717) is 18.9 Å². The Balaban J connectivity index is 1.59. The summed E-state index contributed by atoms with van der Waals surface area (Å²) in [4.78, 5) is 23.3. The molecule has 1 aliphatic heterocycles. The van der Waals surface area contributed by atoms with E-state index in [0.717, 1.165) is 25.7 Å². The van der Waals surface area contributed by atoms with Gasteiger partial charge in [-0.25, -0.2) is 4.79 Å². The molecule has 0 bridgehead atoms. The van der Waals surface area contributed by atoms with Crippen LogP contribution in [0.3, 0.4) is 0 Å². The molecular formula is C14H19NO5. The van der Waals surface area contributed by atoms with Crippen molar-refractivity contribution in [2.45, 2.75) is 43.7 Å². The number of ether oxygens (including phenoxy) is 2. The molecule has 2 N–H and O–H groups in total. The Morgan fingerprint density at radius 3 is 2.70 bits per heavy atom. The summed E-state index contributed by atoms with van der Waals surface area (Å²) in [7, 11) is 1.30. The van der Waals surface area contributed by atoms with Gasteiger partial charge < -0.3 is 19.9 Å². The molecule has 0 aromatic rings. The lowest BCUT2D eigenvalue weighted by atomic mass is 9.76. The third kappa shape index (κ3) is 1.38. The highest BCUT2D eigenvalue weighted by molar-refractivity contribution is 5.84. The number of hydrogen-bond donors (Lipinski definition) is 2. The van der Waals surface area contributed by atoms with Gasteiger partial charge in [-0.1, -0.05) is 0 Å². The lowest BCUT2D eigenvalue weighted by Gasteiger charge is -2.34. The summed E-state index contributed by atoms with van der Waals surface area (Å²) in [6, 6.07) is -0.300. The number of hydrogen-bond acceptors (Lipinski definition) is 4. The van der Waals surface area contributed by atoms with Gasteiger partial charge in [-0.2, -0.15) is 0 Å². The summed E-state index contributed by atoms with van der Waals surface area (Å²) < 4.78 is 10.5. The van der Waals surface area contributed by atoms with E-state index < -0.39 is 17.5 Å². The molecule has 4 atom stereocenters. The Morgan fingerprint density at radius 1 is 1.35 bits per heavy atom. The van der Waals surface area contributed by atoms with Gasteiger partial charge in [-0.3, -0.25) is 4.79 Å². The van der Waals surface area contributed by atoms with Gasteiger partial charge in [-0.05, 0) is 43.4 Å². The van der Waals surface area contributed by atoms with Gasteiger partial charge in [0.15, 0.2) is 0 Å². The van der Waals surface area contributed by atoms with Crippen molar-refractivity contribution >= 4 is 12.1 Å². The highest BCUT2D eigenvalue weighted by Crippen LogP contribution is 2.79. The summed E-state index contributed by atoms with van der Waals surface area (Å²) in [6.07, 6.45) is 3.83. The molecule has 1 saturated heterocycles. The van der Waals surface area contributed by atoms with Crippen molar-refractivity contribution in [3.63, 3.8) is 0 Å². The van der Waals surface area contributed by atoms with E-state index in [1.54, 1.807) is 0 Å². The number of rotatable bonds is 3. The van der Waals surface area contributed by atoms with Gasteiger partial charge in [0.05, 0.1) is 30.8 Å². The number of alkyl carbamates (subject to hydrolysis) is 1. The van der Waals surface area contributed by atoms with E-state index in [9.17, 15) is 14.7 Å². The molecule has 4 rings (SSSR count). The van der Waals surface area contributed by atoms with E-state index >= 15 is 0 Å². The van der Waals surface area contributed by atoms with E-state index in [1.165, 1.54) is 7.11 Å². The molecule has 110 valence electrons. The molecule has 6 nitrogen and oxygen atoms in total. The molecule has 0 aromatic heterocycles. The number of carboxylic acids is 1. The van der Waals surface area contributed by atoms with Crippen LogP contribution in [0.5, 0.6) is 0 Å². The van der Waals surface area contributed by atoms with Crippen LogP contribution in [0.25, 0.3) is 0 Å². The van der Waals surface area contributed by atoms with E-state index in [1.807, 2.05) is 0 Å². The Bertz CT molecular complexity index is 502. The van der Waals surface area contributed by atoms with Crippen molar-refractivity contribution in [1.82, 2.24) is 5.32 Å². The predicted octanol–water partition coefficient (Wildman–Crippen LogP) is 1.14. The molecule has 4 aliphatic rings. The number of nitrogens with one attached hydrogen (secondary N) is 1. The minimum absolute atomic E-state index is 0.0478. The number of fused-ring (bicyclic) bond motifs is 1. The van der Waals surface area contributed by atoms with E-state index in [2.05, 4.69) is 10.1 Å². The molecule has 3 aliphatic carbocycles. The molecule has 0 radical (unpaired) electrons. The lowest BCUT2D eigenvalue weighted by Crippen LogP contribution is -2.43. The number of carbonyl (C=O) groups is 2. The maximum absolute atomic E-state index is 11.9. The number of methoxy groups -OCH3 is 1. The Kier molecular flexibility index (Phi) is 2.16. The van der Waals surface area contributed by atoms with Gasteiger partial charge >= 0.3 is 12.1 Å². The highest BCUT2D eigenvalue weighted by Gasteiger charge is 2.82. The van der Waals surface area contributed by atoms with Gasteiger partial charge in [0, 0.05) is 0 Å². The second kappa shape index (κ2) is 3.47. The highest BCUT2D eigenvalue weighted by atomic mass is 16.5. The first kappa shape index (κ1) is 12.4. The zero-order valence-electron chi connectivity index (χ0n) is 11.5. The number of aliphatic carboxylic acids is 1. The van der Waals surface area contributed by atoms with Crippen molar-refractivity contribution in [2.75, 3.05) is 13.7 Å². The number of amides is 1. The zero-order valence-corrected chi connectivity index (χ0v) is 11.5. The minimum Gasteiger partial charge on any atom is -0.481 e. The van der Waals surface area contributed by atoms with Gasteiger partial charge in [0.25, 0.3) is 0 Å². The molecular weight excluding hydrogens is 262 g/mol. The first-order valence-electron chi connectivity index (χ1n) is 7.20. The molecule has 2 unspecified atom stereocenters. The largest absolute Gasteiger partial charge is 0.481 e. The maximum Gasteiger partial charge on any atom is 0.407 e. The number of carboxylic acid groups (broad SMARTS) is 1. The molecule has 1 amide bonds. The van der Waals surface area contributed by atoms with Crippen LogP contribution in [0.2, 0.25) is 0 Å². The van der Waals surface area contributed by atoms with Gasteiger partial charge in [0.2, 0.25) is 0 Å². The van der Waals surface area contributed by atoms with E-state index in [-0.39, 0.29) is 17.1 Å². The topological polar surface area (TPSA) is 84.9 Å². The standard InChI is InChI=1S/C14H19NO5/c1-19-11(18)15-9-5-14(9,10(16)17)13-4-8(13)6-20-12(7-13)2-3-12/h8-9H,2-7H2,1H3,(H,15,18)(H,16,17)/t8-,9?,13-,14?/m1/s1. The summed E-state index contributed by atoms with van der Waals surface area (Å²) in [5.74, 6) is -0.437. The molecule has 20 heavy (non-hydrogen) atoms. The average molecular weight is 281 g/mol. The third-order valence-electron chi connectivity index (χ3n) is 5.98. The molecule has 3 saturated carbocycles. The van der Waals surface area contributed by atoms with Crippen LogP contribution in [-0.4, -0.2) is 42.5 Å². The van der Waals surface area contributed by atoms with Crippen LogP contribution in [0.4, 0.5) is 4.79 Å². The molecule has 1 heterocycles. The summed E-state index contributed by atoms with van der Waals surface area (Å²) in [5.41, 5.74) is -1.02. The van der Waals surface area contributed by atoms with Crippen molar-refractivity contribution in [2.24, 2.45) is 16.7 Å². The number of carbonyl (C=O) groups excluding carboxylic acids is 1. The molecule has 0 aromatic carbocycles. The molecule has 4 fully saturated rings. The Morgan fingerprint density at radius 2 is 2.10 bits per heavy atom. The van der Waals surface area contributed by atoms with Crippen molar-refractivity contribution < 1.29 is 24.2 Å². The Hall–Kier alpha value is -1.30. The summed E-state index contributed by atoms with van der Waals surface area (Å²) in [6.45, 7) is 0.681. The third-order valence-corrected chi connectivity index (χ3v) is 5.98. The second-order valence-electron chi connectivity index (χ2n) is 6.90. The van der Waals surface area contributed by atoms with Crippen molar-refractivity contribution in [3.05, 3.63) is 0 Å². The summed E-state index contributed by atoms with van der Waals surface area (Å²) >= 11 is 0. The quantitative estimate of drug-likeness (QED) is 0.810. The zero-order chi connectivity index (χ0) is 14.2. The van der Waals surface area contributed by atoms with Crippen LogP contribution >= 0.6 is 0 Å². The fraction of sp³-hybridized carbons (Fsp3) is 0.857. The predicted molar refractivity (Wildman–Crippen MR) is 67.1 cm³/mol. The molecule has 6 heteroatoms. The normalized spacial score (nSPS) is 46.2. The van der Waals surface area contributed by atoms with Crippen LogP contribution < -0.4 is 5.32 Å². The van der Waals surface area contributed by atoms with Crippen molar-refractivity contribution in [1.29, 1.82) is 0 Å². The first-order valence-corrected chi connectivity index (χ1v) is 7.20. The van der Waals surface area contributed by atoms with Crippen LogP contribution in [0.15, 0.2) is 0 Å². The second-order valence-corrected chi connectivity index (χ2v) is 6.90. The minimum atomic E-state index is -0.800. The SMILES string of the molecule is COC(=O)NC1CC1(C(=O)O)[C@@]12C[C@@H]1COC1(CC1)C2. The Labute approximate surface area is 116 Å². The average Bonchev–Trinajstić information content (AvgIpc) is 3.26. The van der Waals surface area contributed by atoms with Crippen LogP contribution in [0, 0.1) is 16.7 Å². The van der Waals surface area contributed by atoms with Crippen LogP contribution in [0.1, 0.15) is 32.1 Å². The lowest BCUT2D eigenvalue weighted by molar-refractivity contribution is -0.150. The maximum atomic E-state index is 11.9. The molecule has 1 spiro atoms. The van der Waals surface area contributed by atoms with E-state index in [4.69, 9.17) is 4.74 Å². The first-order chi connectivity index (χ1) is 9.48. The summed E-state index contributed by atoms with van der Waals surface area (Å²) in [5, 5.41) is 12.5. The van der Waals surface area contributed by atoms with Gasteiger partial charge in [-0.15, -0.1) is 0 Å². The van der Waals surface area contributed by atoms with Gasteiger partial charge in [0.1, 0.15) is 0 Å². The fourth-order valence-corrected chi connectivity index (χ4v) is 4.52.